The zero-order valence-corrected chi connectivity index (χ0v) is 17.5. The van der Waals surface area contributed by atoms with Crippen LogP contribution in [0.25, 0.3) is 11.3 Å². The fraction of sp³-hybridized carbons (Fsp3) is 0.545. The molecule has 4 saturated carbocycles. The Morgan fingerprint density at radius 1 is 1.15 bits per heavy atom. The van der Waals surface area contributed by atoms with Gasteiger partial charge in [0.15, 0.2) is 11.6 Å². The fourth-order valence-corrected chi connectivity index (χ4v) is 5.18. The van der Waals surface area contributed by atoms with E-state index in [1.807, 2.05) is 10.8 Å². The van der Waals surface area contributed by atoms with E-state index >= 15 is 0 Å². The number of rotatable bonds is 8. The van der Waals surface area contributed by atoms with Gasteiger partial charge in [-0.2, -0.15) is 0 Å². The molecule has 33 heavy (non-hydrogen) atoms. The van der Waals surface area contributed by atoms with Crippen molar-refractivity contribution >= 4 is 5.91 Å². The van der Waals surface area contributed by atoms with Crippen LogP contribution in [0.3, 0.4) is 0 Å². The highest BCUT2D eigenvalue weighted by Crippen LogP contribution is 2.65. The average molecular weight is 471 g/mol. The summed E-state index contributed by atoms with van der Waals surface area (Å²) in [5.41, 5.74) is 0.684. The number of benzene rings is 1. The van der Waals surface area contributed by atoms with Crippen molar-refractivity contribution in [1.82, 2.24) is 14.9 Å². The zero-order valence-electron chi connectivity index (χ0n) is 17.5. The minimum Gasteiger partial charge on any atom is -0.376 e. The lowest BCUT2D eigenvalue weighted by atomic mass is 9.44. The smallest absolute Gasteiger partial charge is 0.376 e. The van der Waals surface area contributed by atoms with Crippen molar-refractivity contribution in [2.24, 2.45) is 5.92 Å². The zero-order chi connectivity index (χ0) is 23.4. The third-order valence-electron chi connectivity index (χ3n) is 6.90. The van der Waals surface area contributed by atoms with Gasteiger partial charge in [-0.3, -0.25) is 9.53 Å². The average Bonchev–Trinajstić information content (AvgIpc) is 3.12. The first-order valence-corrected chi connectivity index (χ1v) is 10.7. The highest BCUT2D eigenvalue weighted by atomic mass is 19.4. The Balaban J connectivity index is 1.07. The molecule has 178 valence electrons. The molecule has 0 atom stereocenters. The molecule has 0 spiro atoms. The van der Waals surface area contributed by atoms with Crippen molar-refractivity contribution in [1.29, 1.82) is 0 Å². The number of amides is 1. The van der Waals surface area contributed by atoms with Crippen LogP contribution < -0.4 is 5.32 Å². The predicted molar refractivity (Wildman–Crippen MR) is 105 cm³/mol. The van der Waals surface area contributed by atoms with E-state index in [0.29, 0.717) is 24.1 Å². The molecule has 11 heteroatoms. The van der Waals surface area contributed by atoms with Crippen LogP contribution in [0.4, 0.5) is 22.0 Å². The van der Waals surface area contributed by atoms with Gasteiger partial charge in [-0.25, -0.2) is 13.8 Å². The molecule has 1 aromatic carbocycles. The van der Waals surface area contributed by atoms with E-state index in [1.54, 1.807) is 6.33 Å². The molecule has 0 unspecified atom stereocenters. The third kappa shape index (κ3) is 4.23. The largest absolute Gasteiger partial charge is 0.522 e. The summed E-state index contributed by atoms with van der Waals surface area (Å²) in [6, 6.07) is 3.67. The number of aromatic nitrogens is 2. The Morgan fingerprint density at radius 2 is 1.88 bits per heavy atom. The number of halogens is 5. The molecule has 1 N–H and O–H groups in total. The lowest BCUT2D eigenvalue weighted by molar-refractivity contribution is -0.328. The second-order valence-electron chi connectivity index (χ2n) is 9.27. The van der Waals surface area contributed by atoms with Gasteiger partial charge in [0.1, 0.15) is 0 Å². The second kappa shape index (κ2) is 7.76. The van der Waals surface area contributed by atoms with Crippen LogP contribution in [0.2, 0.25) is 0 Å². The van der Waals surface area contributed by atoms with Gasteiger partial charge in [0, 0.05) is 23.2 Å². The Kier molecular flexibility index (Phi) is 5.24. The first-order chi connectivity index (χ1) is 15.6. The van der Waals surface area contributed by atoms with Crippen LogP contribution in [0.15, 0.2) is 30.7 Å². The monoisotopic (exact) mass is 471 g/mol. The summed E-state index contributed by atoms with van der Waals surface area (Å²) in [5, 5.41) is 3.12. The highest BCUT2D eigenvalue weighted by molar-refractivity contribution is 5.81. The molecule has 0 aliphatic heterocycles. The van der Waals surface area contributed by atoms with Crippen molar-refractivity contribution in [3.8, 4) is 11.3 Å². The van der Waals surface area contributed by atoms with Crippen LogP contribution >= 0.6 is 0 Å². The van der Waals surface area contributed by atoms with Gasteiger partial charge in [0.2, 0.25) is 5.91 Å². The van der Waals surface area contributed by atoms with Crippen molar-refractivity contribution in [2.45, 2.75) is 55.6 Å². The van der Waals surface area contributed by atoms with Crippen LogP contribution in [0.5, 0.6) is 0 Å². The van der Waals surface area contributed by atoms with Crippen molar-refractivity contribution in [3.63, 3.8) is 0 Å². The number of imidazole rings is 1. The summed E-state index contributed by atoms with van der Waals surface area (Å²) in [7, 11) is 0. The summed E-state index contributed by atoms with van der Waals surface area (Å²) >= 11 is 0. The van der Waals surface area contributed by atoms with E-state index < -0.39 is 24.6 Å². The van der Waals surface area contributed by atoms with Crippen molar-refractivity contribution < 1.29 is 36.2 Å². The summed E-state index contributed by atoms with van der Waals surface area (Å²) in [5.74, 6) is -2.08. The van der Waals surface area contributed by atoms with Crippen molar-refractivity contribution in [2.75, 3.05) is 13.2 Å². The maximum absolute atomic E-state index is 13.5. The molecule has 1 aromatic heterocycles. The SMILES string of the molecule is O=C(NC12CC(n3cnc(-c4ccc(F)c(F)c4)c3)(C1)C2)[C@H]1C[C@@H](OCCOC(F)(F)F)C1. The molecule has 0 radical (unpaired) electrons. The first kappa shape index (κ1) is 22.3. The molecule has 6 nitrogen and oxygen atoms in total. The lowest BCUT2D eigenvalue weighted by Gasteiger charge is -2.70. The van der Waals surface area contributed by atoms with E-state index in [9.17, 15) is 26.7 Å². The second-order valence-corrected chi connectivity index (χ2v) is 9.27. The van der Waals surface area contributed by atoms with Gasteiger partial charge in [-0.05, 0) is 50.3 Å². The molecule has 6 rings (SSSR count). The normalized spacial score (nSPS) is 30.2. The van der Waals surface area contributed by atoms with E-state index in [4.69, 9.17) is 4.74 Å². The number of ether oxygens (including phenoxy) is 2. The lowest BCUT2D eigenvalue weighted by Crippen LogP contribution is -2.79. The number of carbonyl (C=O) groups excluding carboxylic acids is 1. The minimum atomic E-state index is -4.66. The summed E-state index contributed by atoms with van der Waals surface area (Å²) in [6.07, 6.45) is 1.87. The molecule has 4 aliphatic carbocycles. The molecule has 1 heterocycles. The molecule has 2 bridgehead atoms. The predicted octanol–water partition coefficient (Wildman–Crippen LogP) is 3.91. The van der Waals surface area contributed by atoms with E-state index in [2.05, 4.69) is 15.0 Å². The van der Waals surface area contributed by atoms with Gasteiger partial charge in [0.25, 0.3) is 0 Å². The Labute approximate surface area is 186 Å². The maximum Gasteiger partial charge on any atom is 0.522 e. The van der Waals surface area contributed by atoms with E-state index in [-0.39, 0.29) is 35.6 Å². The van der Waals surface area contributed by atoms with Gasteiger partial charge in [-0.15, -0.1) is 13.2 Å². The molecule has 4 aliphatic rings. The molecular formula is C22H22F5N3O3. The highest BCUT2D eigenvalue weighted by Gasteiger charge is 2.70. The topological polar surface area (TPSA) is 65.4 Å². The maximum atomic E-state index is 13.5. The van der Waals surface area contributed by atoms with E-state index in [1.165, 1.54) is 6.07 Å². The third-order valence-corrected chi connectivity index (χ3v) is 6.90. The number of hydrogen-bond acceptors (Lipinski definition) is 4. The fourth-order valence-electron chi connectivity index (χ4n) is 5.18. The van der Waals surface area contributed by atoms with Gasteiger partial charge in [0.05, 0.1) is 36.9 Å². The Bertz CT molecular complexity index is 1040. The van der Waals surface area contributed by atoms with Crippen LogP contribution in [-0.2, 0) is 19.8 Å². The molecule has 1 amide bonds. The molecular weight excluding hydrogens is 449 g/mol. The van der Waals surface area contributed by atoms with Crippen LogP contribution in [-0.4, -0.2) is 46.7 Å². The quantitative estimate of drug-likeness (QED) is 0.469. The van der Waals surface area contributed by atoms with Gasteiger partial charge >= 0.3 is 6.36 Å². The molecule has 2 aromatic rings. The number of alkyl halides is 3. The van der Waals surface area contributed by atoms with Crippen molar-refractivity contribution in [3.05, 3.63) is 42.4 Å². The first-order valence-electron chi connectivity index (χ1n) is 10.7. The number of carbonyl (C=O) groups is 1. The number of nitrogens with zero attached hydrogens (tertiary/aromatic N) is 2. The number of hydrogen-bond donors (Lipinski definition) is 1. The van der Waals surface area contributed by atoms with Crippen LogP contribution in [0, 0.1) is 17.6 Å². The number of nitrogens with one attached hydrogen (secondary N) is 1. The van der Waals surface area contributed by atoms with E-state index in [0.717, 1.165) is 31.4 Å². The molecule has 4 fully saturated rings. The standard InChI is InChI=1S/C22H22F5N3O3/c23-16-2-1-13(7-17(16)24)18-8-30(12-28-18)21-9-20(10-21,11-21)29-19(31)14-5-15(6-14)32-3-4-33-22(25,26)27/h1-2,7-8,12,14-15H,3-6,9-11H2,(H,29,31)/t14-,15+,20?,21?. The van der Waals surface area contributed by atoms with Crippen LogP contribution in [0.1, 0.15) is 32.1 Å². The minimum absolute atomic E-state index is 0.0530. The Hall–Kier alpha value is -2.53. The van der Waals surface area contributed by atoms with Gasteiger partial charge in [-0.1, -0.05) is 0 Å². The summed E-state index contributed by atoms with van der Waals surface area (Å²) in [6.45, 7) is -0.726. The molecule has 0 saturated heterocycles. The Morgan fingerprint density at radius 3 is 2.55 bits per heavy atom. The summed E-state index contributed by atoms with van der Waals surface area (Å²) < 4.78 is 73.4. The summed E-state index contributed by atoms with van der Waals surface area (Å²) in [4.78, 5) is 16.8. The van der Waals surface area contributed by atoms with Gasteiger partial charge < -0.3 is 14.6 Å².